The van der Waals surface area contributed by atoms with Crippen LogP contribution in [0, 0.1) is 0 Å². The molecule has 1 aliphatic rings. The fourth-order valence-electron chi connectivity index (χ4n) is 4.17. The fourth-order valence-corrected chi connectivity index (χ4v) is 4.44. The number of rotatable bonds is 5. The zero-order valence-electron chi connectivity index (χ0n) is 16.4. The minimum atomic E-state index is -0.370. The molecule has 0 atom stereocenters. The van der Waals surface area contributed by atoms with Crippen LogP contribution in [0.1, 0.15) is 23.6 Å². The first-order valence-electron chi connectivity index (χ1n) is 9.78. The normalized spacial score (nSPS) is 16.9. The molecule has 29 heavy (non-hydrogen) atoms. The van der Waals surface area contributed by atoms with Crippen molar-refractivity contribution in [3.63, 3.8) is 0 Å². The highest BCUT2D eigenvalue weighted by atomic mass is 79.9. The first-order chi connectivity index (χ1) is 14.0. The molecular weight excluding hydrogens is 428 g/mol. The summed E-state index contributed by atoms with van der Waals surface area (Å²) in [6.07, 6.45) is 0. The molecule has 2 N–H and O–H groups in total. The van der Waals surface area contributed by atoms with Crippen molar-refractivity contribution in [2.45, 2.75) is 25.7 Å². The number of nitrogens with zero attached hydrogens (tertiary/aromatic N) is 2. The van der Waals surface area contributed by atoms with Gasteiger partial charge in [-0.3, -0.25) is 9.80 Å². The number of benzene rings is 3. The van der Waals surface area contributed by atoms with Crippen molar-refractivity contribution >= 4 is 15.9 Å². The lowest BCUT2D eigenvalue weighted by molar-refractivity contribution is 0.0153. The van der Waals surface area contributed by atoms with Crippen LogP contribution in [0.2, 0.25) is 0 Å². The maximum absolute atomic E-state index is 10.3. The Bertz CT molecular complexity index is 935. The Morgan fingerprint density at radius 1 is 0.759 bits per heavy atom. The van der Waals surface area contributed by atoms with E-state index < -0.39 is 0 Å². The first kappa shape index (κ1) is 20.0. The van der Waals surface area contributed by atoms with Gasteiger partial charge >= 0.3 is 0 Å². The highest BCUT2D eigenvalue weighted by Crippen LogP contribution is 2.40. The van der Waals surface area contributed by atoms with Gasteiger partial charge in [-0.05, 0) is 36.8 Å². The zero-order valence-corrected chi connectivity index (χ0v) is 18.0. The Kier molecular flexibility index (Phi) is 5.63. The van der Waals surface area contributed by atoms with Crippen LogP contribution in [0.3, 0.4) is 0 Å². The molecule has 0 saturated carbocycles. The van der Waals surface area contributed by atoms with Crippen LogP contribution < -0.4 is 0 Å². The van der Waals surface area contributed by atoms with Gasteiger partial charge in [0, 0.05) is 41.8 Å². The summed E-state index contributed by atoms with van der Waals surface area (Å²) in [6.45, 7) is 5.26. The number of hydrogen-bond donors (Lipinski definition) is 2. The molecule has 0 amide bonds. The molecule has 150 valence electrons. The number of halogens is 1. The summed E-state index contributed by atoms with van der Waals surface area (Å²) >= 11 is 3.54. The standard InChI is InChI=1S/C24H25BrN2O2/c1-24(20-10-12-21(25)13-11-20)26(16-18-6-2-4-8-22(18)28)14-15-27(24)17-19-7-3-5-9-23(19)29/h2-13,28-29H,14-17H2,1H3. The zero-order chi connectivity index (χ0) is 20.4. The molecule has 1 heterocycles. The van der Waals surface area contributed by atoms with Gasteiger partial charge in [0.05, 0.1) is 5.66 Å². The summed E-state index contributed by atoms with van der Waals surface area (Å²) in [6, 6.07) is 23.5. The summed E-state index contributed by atoms with van der Waals surface area (Å²) < 4.78 is 1.04. The Morgan fingerprint density at radius 2 is 1.21 bits per heavy atom. The molecule has 0 aliphatic carbocycles. The molecule has 1 aliphatic heterocycles. The molecule has 0 aromatic heterocycles. The van der Waals surface area contributed by atoms with E-state index in [9.17, 15) is 10.2 Å². The van der Waals surface area contributed by atoms with Crippen LogP contribution in [0.15, 0.2) is 77.3 Å². The van der Waals surface area contributed by atoms with Gasteiger partial charge in [0.15, 0.2) is 0 Å². The van der Waals surface area contributed by atoms with Crippen LogP contribution in [0.4, 0.5) is 0 Å². The van der Waals surface area contributed by atoms with Gasteiger partial charge in [0.25, 0.3) is 0 Å². The predicted octanol–water partition coefficient (Wildman–Crippen LogP) is 5.05. The summed E-state index contributed by atoms with van der Waals surface area (Å²) in [5.74, 6) is 0.648. The van der Waals surface area contributed by atoms with Crippen molar-refractivity contribution in [1.29, 1.82) is 0 Å². The quantitative estimate of drug-likeness (QED) is 0.568. The Balaban J connectivity index is 1.71. The third-order valence-corrected chi connectivity index (χ3v) is 6.50. The largest absolute Gasteiger partial charge is 0.508 e. The molecule has 1 saturated heterocycles. The molecule has 0 spiro atoms. The van der Waals surface area contributed by atoms with Crippen LogP contribution in [-0.4, -0.2) is 33.1 Å². The number of phenols is 2. The number of para-hydroxylation sites is 2. The van der Waals surface area contributed by atoms with E-state index in [1.165, 1.54) is 5.56 Å². The lowest BCUT2D eigenvalue weighted by Crippen LogP contribution is -2.47. The molecule has 1 fully saturated rings. The lowest BCUT2D eigenvalue weighted by atomic mass is 9.97. The van der Waals surface area contributed by atoms with Crippen molar-refractivity contribution in [1.82, 2.24) is 9.80 Å². The Hall–Kier alpha value is -2.34. The average Bonchev–Trinajstić information content (AvgIpc) is 3.02. The van der Waals surface area contributed by atoms with E-state index in [0.29, 0.717) is 24.6 Å². The minimum absolute atomic E-state index is 0.324. The lowest BCUT2D eigenvalue weighted by Gasteiger charge is -2.42. The van der Waals surface area contributed by atoms with E-state index in [1.807, 2.05) is 36.4 Å². The van der Waals surface area contributed by atoms with Gasteiger partial charge in [0.1, 0.15) is 11.5 Å². The van der Waals surface area contributed by atoms with Crippen molar-refractivity contribution in [2.24, 2.45) is 0 Å². The monoisotopic (exact) mass is 452 g/mol. The third kappa shape index (κ3) is 3.90. The molecule has 3 aromatic rings. The van der Waals surface area contributed by atoms with E-state index >= 15 is 0 Å². The molecule has 4 rings (SSSR count). The number of hydrogen-bond acceptors (Lipinski definition) is 4. The number of aromatic hydroxyl groups is 2. The highest BCUT2D eigenvalue weighted by molar-refractivity contribution is 9.10. The topological polar surface area (TPSA) is 46.9 Å². The summed E-state index contributed by atoms with van der Waals surface area (Å²) in [7, 11) is 0. The third-order valence-electron chi connectivity index (χ3n) is 5.97. The Morgan fingerprint density at radius 3 is 1.66 bits per heavy atom. The molecule has 5 heteroatoms. The van der Waals surface area contributed by atoms with Gasteiger partial charge in [-0.1, -0.05) is 64.5 Å². The molecule has 0 bridgehead atoms. The predicted molar refractivity (Wildman–Crippen MR) is 119 cm³/mol. The van der Waals surface area contributed by atoms with Crippen LogP contribution in [0.5, 0.6) is 11.5 Å². The van der Waals surface area contributed by atoms with Crippen LogP contribution in [-0.2, 0) is 18.8 Å². The van der Waals surface area contributed by atoms with E-state index in [2.05, 4.69) is 56.9 Å². The maximum atomic E-state index is 10.3. The SMILES string of the molecule is CC1(c2ccc(Br)cc2)N(Cc2ccccc2O)CCN1Cc1ccccc1O. The summed E-state index contributed by atoms with van der Waals surface area (Å²) in [5, 5.41) is 20.6. The van der Waals surface area contributed by atoms with Gasteiger partial charge in [-0.15, -0.1) is 0 Å². The van der Waals surface area contributed by atoms with Crippen molar-refractivity contribution in [3.05, 3.63) is 94.0 Å². The molecule has 0 radical (unpaired) electrons. The number of phenolic OH excluding ortho intramolecular Hbond substituents is 2. The second-order valence-electron chi connectivity index (χ2n) is 7.63. The van der Waals surface area contributed by atoms with Gasteiger partial charge in [0.2, 0.25) is 0 Å². The maximum Gasteiger partial charge on any atom is 0.120 e. The van der Waals surface area contributed by atoms with Crippen molar-refractivity contribution < 1.29 is 10.2 Å². The van der Waals surface area contributed by atoms with Crippen LogP contribution in [0.25, 0.3) is 0 Å². The van der Waals surface area contributed by atoms with E-state index in [4.69, 9.17) is 0 Å². The second-order valence-corrected chi connectivity index (χ2v) is 8.54. The summed E-state index contributed by atoms with van der Waals surface area (Å²) in [4.78, 5) is 4.79. The molecular formula is C24H25BrN2O2. The van der Waals surface area contributed by atoms with Crippen LogP contribution >= 0.6 is 15.9 Å². The van der Waals surface area contributed by atoms with Gasteiger partial charge in [-0.2, -0.15) is 0 Å². The highest BCUT2D eigenvalue weighted by Gasteiger charge is 2.44. The van der Waals surface area contributed by atoms with E-state index in [0.717, 1.165) is 28.7 Å². The molecule has 0 unspecified atom stereocenters. The minimum Gasteiger partial charge on any atom is -0.508 e. The van der Waals surface area contributed by atoms with E-state index in [-0.39, 0.29) is 5.66 Å². The van der Waals surface area contributed by atoms with Crippen molar-refractivity contribution in [3.8, 4) is 11.5 Å². The smallest absolute Gasteiger partial charge is 0.120 e. The van der Waals surface area contributed by atoms with E-state index in [1.54, 1.807) is 12.1 Å². The second kappa shape index (κ2) is 8.19. The average molecular weight is 453 g/mol. The first-order valence-corrected chi connectivity index (χ1v) is 10.6. The van der Waals surface area contributed by atoms with Crippen molar-refractivity contribution in [2.75, 3.05) is 13.1 Å². The van der Waals surface area contributed by atoms with Gasteiger partial charge < -0.3 is 10.2 Å². The Labute approximate surface area is 180 Å². The van der Waals surface area contributed by atoms with Gasteiger partial charge in [-0.25, -0.2) is 0 Å². The fraction of sp³-hybridized carbons (Fsp3) is 0.250. The molecule has 3 aromatic carbocycles. The summed E-state index contributed by atoms with van der Waals surface area (Å²) in [5.41, 5.74) is 2.65. The molecule has 4 nitrogen and oxygen atoms in total.